The van der Waals surface area contributed by atoms with Gasteiger partial charge in [0, 0.05) is 31.9 Å². The van der Waals surface area contributed by atoms with Crippen LogP contribution in [0.5, 0.6) is 0 Å². The first-order chi connectivity index (χ1) is 9.40. The Morgan fingerprint density at radius 2 is 1.80 bits per heavy atom. The molecule has 4 nitrogen and oxygen atoms in total. The number of carbonyl (C=O) groups is 1. The molecule has 2 rings (SSSR count). The number of hydrogen-bond donors (Lipinski definition) is 1. The Hall–Kier alpha value is -1.55. The van der Waals surface area contributed by atoms with Gasteiger partial charge in [-0.25, -0.2) is 0 Å². The molecule has 0 saturated carbocycles. The van der Waals surface area contributed by atoms with Crippen molar-refractivity contribution >= 4 is 11.7 Å². The van der Waals surface area contributed by atoms with E-state index in [2.05, 4.69) is 29.0 Å². The van der Waals surface area contributed by atoms with E-state index in [1.165, 1.54) is 5.69 Å². The molecular formula is C16H24N2O2. The Balaban J connectivity index is 2.20. The summed E-state index contributed by atoms with van der Waals surface area (Å²) in [4.78, 5) is 16.0. The average Bonchev–Trinajstić information content (AvgIpc) is 2.40. The topological polar surface area (TPSA) is 43.8 Å². The Bertz CT molecular complexity index is 477. The lowest BCUT2D eigenvalue weighted by Gasteiger charge is -2.35. The van der Waals surface area contributed by atoms with Gasteiger partial charge in [0.05, 0.1) is 5.41 Å². The molecule has 0 atom stereocenters. The van der Waals surface area contributed by atoms with Crippen LogP contribution in [0.4, 0.5) is 5.69 Å². The molecule has 0 aliphatic carbocycles. The van der Waals surface area contributed by atoms with Crippen molar-refractivity contribution in [3.63, 3.8) is 0 Å². The van der Waals surface area contributed by atoms with Gasteiger partial charge in [-0.1, -0.05) is 18.2 Å². The van der Waals surface area contributed by atoms with Gasteiger partial charge in [0.1, 0.15) is 0 Å². The molecule has 4 heteroatoms. The van der Waals surface area contributed by atoms with Crippen molar-refractivity contribution in [2.24, 2.45) is 5.41 Å². The number of likely N-dealkylation sites (N-methyl/N-ethyl adjacent to an activating group) is 1. The van der Waals surface area contributed by atoms with E-state index < -0.39 is 11.4 Å². The fourth-order valence-corrected chi connectivity index (χ4v) is 2.57. The maximum absolute atomic E-state index is 11.3. The van der Waals surface area contributed by atoms with Crippen molar-refractivity contribution in [3.05, 3.63) is 29.8 Å². The highest BCUT2D eigenvalue weighted by Crippen LogP contribution is 2.29. The minimum atomic E-state index is -0.745. The van der Waals surface area contributed by atoms with E-state index in [1.807, 2.05) is 12.1 Å². The third kappa shape index (κ3) is 3.31. The molecule has 1 heterocycles. The Morgan fingerprint density at radius 1 is 1.20 bits per heavy atom. The summed E-state index contributed by atoms with van der Waals surface area (Å²) in [5.41, 5.74) is 1.59. The van der Waals surface area contributed by atoms with Crippen LogP contribution in [0.15, 0.2) is 24.3 Å². The van der Waals surface area contributed by atoms with Gasteiger partial charge in [0.25, 0.3) is 0 Å². The Labute approximate surface area is 121 Å². The van der Waals surface area contributed by atoms with E-state index in [4.69, 9.17) is 0 Å². The van der Waals surface area contributed by atoms with Gasteiger partial charge in [-0.15, -0.1) is 0 Å². The SMILES string of the molecule is CN1CCN(c2ccccc2CC(C)(C)C(=O)O)CC1. The third-order valence-electron chi connectivity index (χ3n) is 4.05. The maximum Gasteiger partial charge on any atom is 0.309 e. The molecule has 1 saturated heterocycles. The van der Waals surface area contributed by atoms with Crippen LogP contribution in [0.3, 0.4) is 0 Å². The second-order valence-electron chi connectivity index (χ2n) is 6.28. The number of aliphatic carboxylic acids is 1. The highest BCUT2D eigenvalue weighted by molar-refractivity contribution is 5.74. The molecule has 1 aromatic rings. The first-order valence-electron chi connectivity index (χ1n) is 7.15. The zero-order valence-corrected chi connectivity index (χ0v) is 12.6. The number of carboxylic acid groups (broad SMARTS) is 1. The number of benzene rings is 1. The number of rotatable bonds is 4. The van der Waals surface area contributed by atoms with Crippen LogP contribution in [0, 0.1) is 5.41 Å². The number of carboxylic acids is 1. The molecule has 1 aromatic carbocycles. The zero-order valence-electron chi connectivity index (χ0n) is 12.6. The average molecular weight is 276 g/mol. The molecule has 0 radical (unpaired) electrons. The number of para-hydroxylation sites is 1. The van der Waals surface area contributed by atoms with Crippen LogP contribution in [-0.4, -0.2) is 49.2 Å². The van der Waals surface area contributed by atoms with Gasteiger partial charge in [0.2, 0.25) is 0 Å². The lowest BCUT2D eigenvalue weighted by Crippen LogP contribution is -2.45. The van der Waals surface area contributed by atoms with E-state index in [0.29, 0.717) is 6.42 Å². The summed E-state index contributed by atoms with van der Waals surface area (Å²) >= 11 is 0. The first-order valence-corrected chi connectivity index (χ1v) is 7.15. The number of piperazine rings is 1. The molecule has 1 aliphatic heterocycles. The number of anilines is 1. The summed E-state index contributed by atoms with van der Waals surface area (Å²) in [6.45, 7) is 7.68. The van der Waals surface area contributed by atoms with Gasteiger partial charge in [-0.05, 0) is 38.9 Å². The van der Waals surface area contributed by atoms with Crippen LogP contribution in [-0.2, 0) is 11.2 Å². The van der Waals surface area contributed by atoms with Crippen LogP contribution < -0.4 is 4.90 Å². The normalized spacial score (nSPS) is 17.2. The van der Waals surface area contributed by atoms with E-state index in [1.54, 1.807) is 13.8 Å². The first kappa shape index (κ1) is 14.9. The molecule has 0 bridgehead atoms. The van der Waals surface area contributed by atoms with Crippen molar-refractivity contribution in [1.29, 1.82) is 0 Å². The molecule has 110 valence electrons. The van der Waals surface area contributed by atoms with E-state index in [-0.39, 0.29) is 0 Å². The molecule has 0 aromatic heterocycles. The third-order valence-corrected chi connectivity index (χ3v) is 4.05. The molecule has 1 fully saturated rings. The predicted molar refractivity (Wildman–Crippen MR) is 81.3 cm³/mol. The Kier molecular flexibility index (Phi) is 4.33. The molecule has 0 unspecified atom stereocenters. The number of hydrogen-bond acceptors (Lipinski definition) is 3. The summed E-state index contributed by atoms with van der Waals surface area (Å²) in [5.74, 6) is -0.745. The second kappa shape index (κ2) is 5.83. The summed E-state index contributed by atoms with van der Waals surface area (Å²) < 4.78 is 0. The van der Waals surface area contributed by atoms with Crippen molar-refractivity contribution in [2.75, 3.05) is 38.1 Å². The van der Waals surface area contributed by atoms with Crippen molar-refractivity contribution in [3.8, 4) is 0 Å². The molecule has 0 spiro atoms. The fourth-order valence-electron chi connectivity index (χ4n) is 2.57. The Morgan fingerprint density at radius 3 is 2.40 bits per heavy atom. The van der Waals surface area contributed by atoms with Gasteiger partial charge in [-0.2, -0.15) is 0 Å². The van der Waals surface area contributed by atoms with E-state index in [9.17, 15) is 9.90 Å². The summed E-state index contributed by atoms with van der Waals surface area (Å²) in [6.07, 6.45) is 0.560. The monoisotopic (exact) mass is 276 g/mol. The highest BCUT2D eigenvalue weighted by Gasteiger charge is 2.29. The predicted octanol–water partition coefficient (Wildman–Crippen LogP) is 2.09. The highest BCUT2D eigenvalue weighted by atomic mass is 16.4. The minimum Gasteiger partial charge on any atom is -0.481 e. The standard InChI is InChI=1S/C16H24N2O2/c1-16(2,15(19)20)12-13-6-4-5-7-14(13)18-10-8-17(3)9-11-18/h4-7H,8-12H2,1-3H3,(H,19,20). The van der Waals surface area contributed by atoms with Gasteiger partial charge >= 0.3 is 5.97 Å². The largest absolute Gasteiger partial charge is 0.481 e. The summed E-state index contributed by atoms with van der Waals surface area (Å²) in [5, 5.41) is 9.32. The molecule has 0 amide bonds. The molecular weight excluding hydrogens is 252 g/mol. The van der Waals surface area contributed by atoms with Gasteiger partial charge in [-0.3, -0.25) is 4.79 Å². The van der Waals surface area contributed by atoms with E-state index >= 15 is 0 Å². The molecule has 1 N–H and O–H groups in total. The number of nitrogens with zero attached hydrogens (tertiary/aromatic N) is 2. The fraction of sp³-hybridized carbons (Fsp3) is 0.562. The van der Waals surface area contributed by atoms with Crippen LogP contribution in [0.1, 0.15) is 19.4 Å². The van der Waals surface area contributed by atoms with Crippen LogP contribution in [0.25, 0.3) is 0 Å². The molecule has 1 aliphatic rings. The maximum atomic E-state index is 11.3. The molecule has 20 heavy (non-hydrogen) atoms. The zero-order chi connectivity index (χ0) is 14.8. The van der Waals surface area contributed by atoms with Crippen LogP contribution in [0.2, 0.25) is 0 Å². The van der Waals surface area contributed by atoms with Crippen molar-refractivity contribution in [2.45, 2.75) is 20.3 Å². The van der Waals surface area contributed by atoms with Crippen molar-refractivity contribution < 1.29 is 9.90 Å². The summed E-state index contributed by atoms with van der Waals surface area (Å²) in [7, 11) is 2.14. The van der Waals surface area contributed by atoms with Crippen molar-refractivity contribution in [1.82, 2.24) is 4.90 Å². The lowest BCUT2D eigenvalue weighted by molar-refractivity contribution is -0.146. The smallest absolute Gasteiger partial charge is 0.309 e. The van der Waals surface area contributed by atoms with Gasteiger partial charge < -0.3 is 14.9 Å². The summed E-state index contributed by atoms with van der Waals surface area (Å²) in [6, 6.07) is 8.19. The lowest BCUT2D eigenvalue weighted by atomic mass is 9.85. The quantitative estimate of drug-likeness (QED) is 0.914. The minimum absolute atomic E-state index is 0.560. The van der Waals surface area contributed by atoms with Gasteiger partial charge in [0.15, 0.2) is 0 Å². The van der Waals surface area contributed by atoms with E-state index in [0.717, 1.165) is 31.7 Å². The van der Waals surface area contributed by atoms with Crippen LogP contribution >= 0.6 is 0 Å². The second-order valence-corrected chi connectivity index (χ2v) is 6.28.